The lowest BCUT2D eigenvalue weighted by Crippen LogP contribution is -2.23. The molecule has 0 radical (unpaired) electrons. The molecule has 1 atom stereocenters. The fraction of sp³-hybridized carbons (Fsp3) is 0.421. The van der Waals surface area contributed by atoms with E-state index in [9.17, 15) is 0 Å². The standard InChI is InChI=1S/C19H25N3/c1-15-13-18-14-17(3-4-19(18)21-15)8-12-22(2)11-7-16-5-9-20-10-6-16/h3-6,9-10,14-15,21H,7-8,11-13H2,1-2H3. The van der Waals surface area contributed by atoms with Crippen LogP contribution in [-0.4, -0.2) is 36.1 Å². The van der Waals surface area contributed by atoms with E-state index in [-0.39, 0.29) is 0 Å². The normalized spacial score (nSPS) is 16.6. The van der Waals surface area contributed by atoms with E-state index in [1.807, 2.05) is 12.4 Å². The van der Waals surface area contributed by atoms with E-state index in [0.717, 1.165) is 32.4 Å². The second-order valence-corrected chi connectivity index (χ2v) is 6.40. The minimum Gasteiger partial charge on any atom is -0.382 e. The van der Waals surface area contributed by atoms with Crippen LogP contribution in [0.3, 0.4) is 0 Å². The van der Waals surface area contributed by atoms with E-state index in [1.165, 1.54) is 22.4 Å². The molecule has 0 saturated heterocycles. The summed E-state index contributed by atoms with van der Waals surface area (Å²) in [6.07, 6.45) is 7.10. The van der Waals surface area contributed by atoms with Crippen molar-refractivity contribution >= 4 is 5.69 Å². The van der Waals surface area contributed by atoms with E-state index >= 15 is 0 Å². The van der Waals surface area contributed by atoms with Crippen molar-refractivity contribution in [3.05, 3.63) is 59.4 Å². The Bertz CT molecular complexity index is 609. The number of hydrogen-bond donors (Lipinski definition) is 1. The van der Waals surface area contributed by atoms with Gasteiger partial charge in [0.05, 0.1) is 0 Å². The second-order valence-electron chi connectivity index (χ2n) is 6.40. The van der Waals surface area contributed by atoms with Crippen molar-refractivity contribution in [3.63, 3.8) is 0 Å². The van der Waals surface area contributed by atoms with Gasteiger partial charge in [0.2, 0.25) is 0 Å². The molecule has 2 heterocycles. The van der Waals surface area contributed by atoms with E-state index in [4.69, 9.17) is 0 Å². The number of benzene rings is 1. The molecule has 3 nitrogen and oxygen atoms in total. The molecule has 0 spiro atoms. The Morgan fingerprint density at radius 1 is 1.09 bits per heavy atom. The maximum absolute atomic E-state index is 4.06. The van der Waals surface area contributed by atoms with Crippen LogP contribution in [0.5, 0.6) is 0 Å². The minimum absolute atomic E-state index is 0.577. The number of hydrogen-bond acceptors (Lipinski definition) is 3. The van der Waals surface area contributed by atoms with Gasteiger partial charge in [0.1, 0.15) is 0 Å². The number of nitrogens with zero attached hydrogens (tertiary/aromatic N) is 2. The molecule has 22 heavy (non-hydrogen) atoms. The van der Waals surface area contributed by atoms with Crippen molar-refractivity contribution in [2.75, 3.05) is 25.5 Å². The highest BCUT2D eigenvalue weighted by atomic mass is 15.1. The van der Waals surface area contributed by atoms with Gasteiger partial charge in [-0.25, -0.2) is 0 Å². The summed E-state index contributed by atoms with van der Waals surface area (Å²) in [5.74, 6) is 0. The van der Waals surface area contributed by atoms with Gasteiger partial charge in [-0.1, -0.05) is 12.1 Å². The van der Waals surface area contributed by atoms with Crippen LogP contribution >= 0.6 is 0 Å². The zero-order valence-electron chi connectivity index (χ0n) is 13.5. The fourth-order valence-corrected chi connectivity index (χ4v) is 3.06. The number of likely N-dealkylation sites (N-methyl/N-ethyl adjacent to an activating group) is 1. The number of aromatic nitrogens is 1. The minimum atomic E-state index is 0.577. The van der Waals surface area contributed by atoms with Gasteiger partial charge in [-0.2, -0.15) is 0 Å². The van der Waals surface area contributed by atoms with E-state index in [2.05, 4.69) is 59.5 Å². The Balaban J connectivity index is 1.47. The van der Waals surface area contributed by atoms with Gasteiger partial charge in [0.25, 0.3) is 0 Å². The molecule has 2 aromatic rings. The third-order valence-corrected chi connectivity index (χ3v) is 4.41. The van der Waals surface area contributed by atoms with Crippen LogP contribution in [0.25, 0.3) is 0 Å². The molecule has 1 aromatic heterocycles. The molecule has 0 bridgehead atoms. The van der Waals surface area contributed by atoms with Crippen molar-refractivity contribution in [3.8, 4) is 0 Å². The third kappa shape index (κ3) is 3.86. The molecule has 0 aliphatic carbocycles. The summed E-state index contributed by atoms with van der Waals surface area (Å²) in [4.78, 5) is 6.47. The van der Waals surface area contributed by atoms with Gasteiger partial charge in [0, 0.05) is 37.2 Å². The van der Waals surface area contributed by atoms with Crippen LogP contribution < -0.4 is 5.32 Å². The fourth-order valence-electron chi connectivity index (χ4n) is 3.06. The van der Waals surface area contributed by atoms with Crippen molar-refractivity contribution in [2.24, 2.45) is 0 Å². The van der Waals surface area contributed by atoms with Crippen LogP contribution in [0.1, 0.15) is 23.6 Å². The van der Waals surface area contributed by atoms with Gasteiger partial charge in [-0.05, 0) is 68.1 Å². The first-order valence-electron chi connectivity index (χ1n) is 8.16. The molecule has 3 rings (SSSR count). The van der Waals surface area contributed by atoms with Gasteiger partial charge in [0.15, 0.2) is 0 Å². The molecule has 1 aliphatic rings. The zero-order valence-corrected chi connectivity index (χ0v) is 13.5. The molecule has 1 N–H and O–H groups in total. The summed E-state index contributed by atoms with van der Waals surface area (Å²) in [6.45, 7) is 4.44. The summed E-state index contributed by atoms with van der Waals surface area (Å²) in [5, 5.41) is 3.51. The van der Waals surface area contributed by atoms with Crippen LogP contribution in [0.2, 0.25) is 0 Å². The average Bonchev–Trinajstić information content (AvgIpc) is 2.91. The molecule has 116 valence electrons. The Morgan fingerprint density at radius 2 is 1.82 bits per heavy atom. The SMILES string of the molecule is CC1Cc2cc(CCN(C)CCc3ccncc3)ccc2N1. The van der Waals surface area contributed by atoms with E-state index < -0.39 is 0 Å². The summed E-state index contributed by atoms with van der Waals surface area (Å²) < 4.78 is 0. The number of rotatable bonds is 6. The lowest BCUT2D eigenvalue weighted by atomic mass is 10.0. The molecule has 0 fully saturated rings. The Labute approximate surface area is 133 Å². The van der Waals surface area contributed by atoms with Gasteiger partial charge >= 0.3 is 0 Å². The number of pyridine rings is 1. The highest BCUT2D eigenvalue weighted by Gasteiger charge is 2.16. The Morgan fingerprint density at radius 3 is 2.59 bits per heavy atom. The molecule has 1 aromatic carbocycles. The largest absolute Gasteiger partial charge is 0.382 e. The van der Waals surface area contributed by atoms with Crippen LogP contribution in [0.15, 0.2) is 42.7 Å². The van der Waals surface area contributed by atoms with Crippen molar-refractivity contribution in [1.82, 2.24) is 9.88 Å². The summed E-state index contributed by atoms with van der Waals surface area (Å²) in [7, 11) is 2.21. The van der Waals surface area contributed by atoms with Gasteiger partial charge in [-0.15, -0.1) is 0 Å². The van der Waals surface area contributed by atoms with Crippen LogP contribution in [0, 0.1) is 0 Å². The Kier molecular flexibility index (Phi) is 4.74. The number of fused-ring (bicyclic) bond motifs is 1. The highest BCUT2D eigenvalue weighted by Crippen LogP contribution is 2.26. The molecule has 0 amide bonds. The maximum atomic E-state index is 4.06. The summed E-state index contributed by atoms with van der Waals surface area (Å²) >= 11 is 0. The molecule has 1 aliphatic heterocycles. The number of nitrogens with one attached hydrogen (secondary N) is 1. The molecular formula is C19H25N3. The average molecular weight is 295 g/mol. The first-order chi connectivity index (χ1) is 10.7. The second kappa shape index (κ2) is 6.93. The maximum Gasteiger partial charge on any atom is 0.0375 e. The predicted octanol–water partition coefficient (Wildman–Crippen LogP) is 3.16. The van der Waals surface area contributed by atoms with Gasteiger partial charge in [-0.3, -0.25) is 4.98 Å². The lowest BCUT2D eigenvalue weighted by Gasteiger charge is -2.16. The number of anilines is 1. The van der Waals surface area contributed by atoms with Gasteiger partial charge < -0.3 is 10.2 Å². The first kappa shape index (κ1) is 15.0. The van der Waals surface area contributed by atoms with E-state index in [0.29, 0.717) is 6.04 Å². The highest BCUT2D eigenvalue weighted by molar-refractivity contribution is 5.57. The predicted molar refractivity (Wildman–Crippen MR) is 92.4 cm³/mol. The van der Waals surface area contributed by atoms with Crippen LogP contribution in [0.4, 0.5) is 5.69 Å². The summed E-state index contributed by atoms with van der Waals surface area (Å²) in [5.41, 5.74) is 5.61. The molecule has 1 unspecified atom stereocenters. The topological polar surface area (TPSA) is 28.2 Å². The quantitative estimate of drug-likeness (QED) is 0.887. The first-order valence-corrected chi connectivity index (χ1v) is 8.16. The molecule has 3 heteroatoms. The monoisotopic (exact) mass is 295 g/mol. The van der Waals surface area contributed by atoms with Crippen LogP contribution in [-0.2, 0) is 19.3 Å². The molecule has 0 saturated carbocycles. The van der Waals surface area contributed by atoms with E-state index in [1.54, 1.807) is 0 Å². The lowest BCUT2D eigenvalue weighted by molar-refractivity contribution is 0.343. The van der Waals surface area contributed by atoms with Crippen molar-refractivity contribution in [2.45, 2.75) is 32.2 Å². The van der Waals surface area contributed by atoms with Crippen molar-refractivity contribution in [1.29, 1.82) is 0 Å². The Hall–Kier alpha value is -1.87. The smallest absolute Gasteiger partial charge is 0.0375 e. The third-order valence-electron chi connectivity index (χ3n) is 4.41. The van der Waals surface area contributed by atoms with Crippen molar-refractivity contribution < 1.29 is 0 Å². The zero-order chi connectivity index (χ0) is 15.4. The molecular weight excluding hydrogens is 270 g/mol. The summed E-state index contributed by atoms with van der Waals surface area (Å²) in [6, 6.07) is 11.7.